The van der Waals surface area contributed by atoms with Gasteiger partial charge in [-0.15, -0.1) is 0 Å². The van der Waals surface area contributed by atoms with Crippen LogP contribution in [0.1, 0.15) is 41.5 Å². The molecule has 0 saturated heterocycles. The smallest absolute Gasteiger partial charge is 0.0195 e. The molecule has 0 aromatic heterocycles. The normalized spacial score (nSPS) is 14.5. The third kappa shape index (κ3) is 15.9. The molecule has 0 amide bonds. The zero-order chi connectivity index (χ0) is 36.0. The van der Waals surface area contributed by atoms with E-state index in [9.17, 15) is 25.2 Å². The average molecular weight is 763 g/mol. The first-order valence-corrected chi connectivity index (χ1v) is 20.9. The van der Waals surface area contributed by atoms with Crippen molar-refractivity contribution in [3.05, 3.63) is 150 Å². The zero-order valence-electron chi connectivity index (χ0n) is 28.0. The van der Waals surface area contributed by atoms with E-state index in [1.165, 1.54) is 61.8 Å². The number of halogens is 6. The molecule has 1 aliphatic rings. The fourth-order valence-corrected chi connectivity index (χ4v) is 10.2. The van der Waals surface area contributed by atoms with E-state index in [-0.39, 0.29) is 15.8 Å². The van der Waals surface area contributed by atoms with E-state index >= 15 is 0 Å². The molecule has 1 aliphatic carbocycles. The SMILES string of the molecule is C[CH]=[Fe+].C[C]1C(C)=C(C)C(C)=C1C.F[P-](F)(F)(F)(F)F.c1ccc(P(CCP(c2ccccc2)c2ccccc2)c2ccccc2)cc1. The minimum absolute atomic E-state index is 0.348. The van der Waals surface area contributed by atoms with E-state index in [4.69, 9.17) is 0 Å². The molecule has 5 rings (SSSR count). The van der Waals surface area contributed by atoms with Crippen LogP contribution in [0.25, 0.3) is 0 Å². The van der Waals surface area contributed by atoms with Crippen molar-refractivity contribution in [2.75, 3.05) is 12.3 Å². The topological polar surface area (TPSA) is 0 Å². The van der Waals surface area contributed by atoms with Crippen LogP contribution in [-0.2, 0) is 15.6 Å². The summed E-state index contributed by atoms with van der Waals surface area (Å²) in [6.07, 6.45) is 2.41. The molecule has 4 aromatic carbocycles. The van der Waals surface area contributed by atoms with E-state index in [1.54, 1.807) is 4.92 Å². The largest absolute Gasteiger partial charge is 0.0622 e. The molecular formula is C38H43F6FeP3. The summed E-state index contributed by atoms with van der Waals surface area (Å²) in [6, 6.07) is 44.2. The molecular weight excluding hydrogens is 719 g/mol. The summed E-state index contributed by atoms with van der Waals surface area (Å²) in [6.45, 7) is 12.9. The van der Waals surface area contributed by atoms with Crippen LogP contribution in [0.3, 0.4) is 0 Å². The van der Waals surface area contributed by atoms with Crippen molar-refractivity contribution in [2.24, 2.45) is 0 Å². The second kappa shape index (κ2) is 18.0. The van der Waals surface area contributed by atoms with Gasteiger partial charge in [0.15, 0.2) is 0 Å². The Balaban J connectivity index is 0.000000327. The van der Waals surface area contributed by atoms with Crippen LogP contribution in [0.2, 0.25) is 0 Å². The van der Waals surface area contributed by atoms with Crippen LogP contribution in [0.5, 0.6) is 0 Å². The Bertz CT molecular complexity index is 1430. The first-order chi connectivity index (χ1) is 22.3. The molecule has 0 N–H and O–H groups in total. The molecule has 0 saturated carbocycles. The van der Waals surface area contributed by atoms with E-state index in [0.29, 0.717) is 0 Å². The fraction of sp³-hybridized carbons (Fsp3) is 0.211. The Labute approximate surface area is 292 Å². The average Bonchev–Trinajstić information content (AvgIpc) is 3.21. The van der Waals surface area contributed by atoms with Gasteiger partial charge in [-0.2, -0.15) is 0 Å². The molecule has 1 radical (unpaired) electrons. The molecule has 0 atom stereocenters. The van der Waals surface area contributed by atoms with Crippen molar-refractivity contribution in [3.8, 4) is 0 Å². The van der Waals surface area contributed by atoms with Gasteiger partial charge in [0.1, 0.15) is 0 Å². The van der Waals surface area contributed by atoms with Crippen LogP contribution >= 0.6 is 23.7 Å². The van der Waals surface area contributed by atoms with Gasteiger partial charge in [0.25, 0.3) is 0 Å². The first-order valence-electron chi connectivity index (χ1n) is 15.2. The monoisotopic (exact) mass is 762 g/mol. The Morgan fingerprint density at radius 3 is 0.792 bits per heavy atom. The number of allylic oxidation sites excluding steroid dienone is 4. The van der Waals surface area contributed by atoms with Gasteiger partial charge < -0.3 is 0 Å². The Kier molecular flexibility index (Phi) is 15.7. The molecule has 260 valence electrons. The van der Waals surface area contributed by atoms with Crippen molar-refractivity contribution >= 4 is 49.8 Å². The Hall–Kier alpha value is -2.38. The van der Waals surface area contributed by atoms with Gasteiger partial charge in [0.05, 0.1) is 0 Å². The minimum atomic E-state index is -10.7. The summed E-state index contributed by atoms with van der Waals surface area (Å²) in [5.41, 5.74) is 5.87. The molecule has 0 unspecified atom stereocenters. The molecule has 0 spiro atoms. The number of hydrogen-bond acceptors (Lipinski definition) is 0. The van der Waals surface area contributed by atoms with E-state index in [0.717, 1.165) is 0 Å². The van der Waals surface area contributed by atoms with Crippen molar-refractivity contribution < 1.29 is 40.8 Å². The second-order valence-corrected chi connectivity index (χ2v) is 18.2. The van der Waals surface area contributed by atoms with Gasteiger partial charge in [0, 0.05) is 5.92 Å². The fourth-order valence-electron chi connectivity index (χ4n) is 4.85. The summed E-state index contributed by atoms with van der Waals surface area (Å²) in [7, 11) is -11.4. The van der Waals surface area contributed by atoms with Gasteiger partial charge >= 0.3 is 60.4 Å². The van der Waals surface area contributed by atoms with E-state index < -0.39 is 7.81 Å². The number of hydrogen-bond donors (Lipinski definition) is 0. The Morgan fingerprint density at radius 1 is 0.458 bits per heavy atom. The minimum Gasteiger partial charge on any atom is -0.0622 e. The van der Waals surface area contributed by atoms with Gasteiger partial charge in [0.2, 0.25) is 0 Å². The molecule has 0 nitrogen and oxygen atoms in total. The van der Waals surface area contributed by atoms with Gasteiger partial charge in [-0.25, -0.2) is 0 Å². The van der Waals surface area contributed by atoms with Crippen molar-refractivity contribution in [2.45, 2.75) is 41.5 Å². The molecule has 4 aromatic rings. The molecule has 0 bridgehead atoms. The summed E-state index contributed by atoms with van der Waals surface area (Å²) in [4.78, 5) is 1.75. The Morgan fingerprint density at radius 2 is 0.646 bits per heavy atom. The van der Waals surface area contributed by atoms with Crippen LogP contribution in [0, 0.1) is 5.92 Å². The number of rotatable bonds is 7. The van der Waals surface area contributed by atoms with Crippen LogP contribution in [0.4, 0.5) is 25.2 Å². The third-order valence-corrected chi connectivity index (χ3v) is 13.0. The predicted molar refractivity (Wildman–Crippen MR) is 199 cm³/mol. The van der Waals surface area contributed by atoms with Gasteiger partial charge in [-0.1, -0.05) is 139 Å². The maximum atomic E-state index is 9.87. The predicted octanol–water partition coefficient (Wildman–Crippen LogP) is 12.3. The van der Waals surface area contributed by atoms with Gasteiger partial charge in [-0.05, 0) is 88.2 Å². The summed E-state index contributed by atoms with van der Waals surface area (Å²) >= 11 is 3.36. The summed E-state index contributed by atoms with van der Waals surface area (Å²) in [5, 5.41) is 5.89. The number of benzene rings is 4. The van der Waals surface area contributed by atoms with Crippen LogP contribution in [0.15, 0.2) is 144 Å². The molecule has 0 aliphatic heterocycles. The summed E-state index contributed by atoms with van der Waals surface area (Å²) < 4.78 is 59.2. The zero-order valence-corrected chi connectivity index (χ0v) is 31.8. The maximum Gasteiger partial charge on any atom is -0.0195 e. The molecule has 0 heterocycles. The third-order valence-electron chi connectivity index (χ3n) is 7.63. The second-order valence-electron chi connectivity index (χ2n) is 10.9. The van der Waals surface area contributed by atoms with Gasteiger partial charge in [-0.3, -0.25) is 0 Å². The molecule has 0 fully saturated rings. The summed E-state index contributed by atoms with van der Waals surface area (Å²) in [5.74, 6) is 1.47. The van der Waals surface area contributed by atoms with Crippen molar-refractivity contribution in [1.82, 2.24) is 0 Å². The molecule has 48 heavy (non-hydrogen) atoms. The maximum absolute atomic E-state index is 10.7. The van der Waals surface area contributed by atoms with Crippen molar-refractivity contribution in [3.63, 3.8) is 0 Å². The van der Waals surface area contributed by atoms with Crippen molar-refractivity contribution in [1.29, 1.82) is 0 Å². The van der Waals surface area contributed by atoms with Crippen LogP contribution < -0.4 is 21.2 Å². The van der Waals surface area contributed by atoms with E-state index in [2.05, 4.69) is 172 Å². The van der Waals surface area contributed by atoms with E-state index in [1.807, 2.05) is 6.92 Å². The quantitative estimate of drug-likeness (QED) is 0.0999. The van der Waals surface area contributed by atoms with Crippen LogP contribution in [-0.4, -0.2) is 17.2 Å². The standard InChI is InChI=1S/C26H24P2.C10H15.C2H4.F6P.Fe/c1-5-13-23(14-6-1)27(24-15-7-2-8-16-24)21-22-28(25-17-9-3-10-18-25)26-19-11-4-12-20-26;1-6-7(2)9(4)10(5)8(6)3;1-2;1-7(2,3,4,5)6;/h1-20H,21-22H2;1-5H3;1H,2H3;;/q;;;-1;+1. The first kappa shape index (κ1) is 41.8. The molecule has 10 heteroatoms.